The van der Waals surface area contributed by atoms with Crippen molar-refractivity contribution in [2.24, 2.45) is 0 Å². The first-order valence-corrected chi connectivity index (χ1v) is 5.38. The summed E-state index contributed by atoms with van der Waals surface area (Å²) < 4.78 is 11.9. The molecule has 10 heavy (non-hydrogen) atoms. The maximum Gasteiger partial charge on any atom is 0.105 e. The number of aliphatic hydroxyl groups is 1. The Labute approximate surface area is 68.2 Å². The van der Waals surface area contributed by atoms with Crippen molar-refractivity contribution in [3.63, 3.8) is 0 Å². The van der Waals surface area contributed by atoms with Gasteiger partial charge in [-0.15, -0.1) is 0 Å². The molecule has 1 rings (SSSR count). The van der Waals surface area contributed by atoms with E-state index in [0.29, 0.717) is 0 Å². The number of halogens is 1. The van der Waals surface area contributed by atoms with Crippen LogP contribution < -0.4 is 0 Å². The highest BCUT2D eigenvalue weighted by molar-refractivity contribution is 8.77. The molecule has 1 heterocycles. The van der Waals surface area contributed by atoms with E-state index in [9.17, 15) is 9.50 Å². The van der Waals surface area contributed by atoms with Gasteiger partial charge in [-0.25, -0.2) is 4.39 Å². The molecule has 60 valence electrons. The van der Waals surface area contributed by atoms with Crippen LogP contribution in [0.2, 0.25) is 0 Å². The van der Waals surface area contributed by atoms with E-state index in [1.807, 2.05) is 13.8 Å². The van der Waals surface area contributed by atoms with Gasteiger partial charge in [0.2, 0.25) is 0 Å². The molecule has 0 saturated carbocycles. The normalized spacial score (nSPS) is 38.4. The Morgan fingerprint density at radius 2 is 2.20 bits per heavy atom. The highest BCUT2D eigenvalue weighted by Crippen LogP contribution is 2.50. The van der Waals surface area contributed by atoms with E-state index in [0.717, 1.165) is 0 Å². The van der Waals surface area contributed by atoms with Crippen molar-refractivity contribution in [1.82, 2.24) is 0 Å². The van der Waals surface area contributed by atoms with E-state index in [1.54, 1.807) is 10.8 Å². The Morgan fingerprint density at radius 3 is 2.40 bits per heavy atom. The zero-order valence-corrected chi connectivity index (χ0v) is 7.64. The van der Waals surface area contributed by atoms with Gasteiger partial charge in [0.25, 0.3) is 0 Å². The van der Waals surface area contributed by atoms with Crippen molar-refractivity contribution in [3.05, 3.63) is 0 Å². The second-order valence-electron chi connectivity index (χ2n) is 2.92. The van der Waals surface area contributed by atoms with Gasteiger partial charge in [-0.2, -0.15) is 0 Å². The Balaban J connectivity index is 2.58. The summed E-state index contributed by atoms with van der Waals surface area (Å²) in [6.07, 6.45) is -0.507. The third kappa shape index (κ3) is 1.43. The second kappa shape index (κ2) is 2.91. The van der Waals surface area contributed by atoms with Crippen LogP contribution in [0.1, 0.15) is 13.8 Å². The van der Waals surface area contributed by atoms with Crippen LogP contribution in [0, 0.1) is 0 Å². The van der Waals surface area contributed by atoms with Crippen LogP contribution in [-0.2, 0) is 0 Å². The quantitative estimate of drug-likeness (QED) is 0.625. The highest BCUT2D eigenvalue weighted by atomic mass is 33.1. The molecule has 0 aromatic carbocycles. The van der Waals surface area contributed by atoms with E-state index >= 15 is 0 Å². The third-order valence-electron chi connectivity index (χ3n) is 1.60. The molecule has 0 radical (unpaired) electrons. The van der Waals surface area contributed by atoms with Gasteiger partial charge >= 0.3 is 0 Å². The van der Waals surface area contributed by atoms with Gasteiger partial charge < -0.3 is 5.11 Å². The van der Waals surface area contributed by atoms with Crippen molar-refractivity contribution in [3.8, 4) is 0 Å². The first-order valence-electron chi connectivity index (χ1n) is 3.16. The summed E-state index contributed by atoms with van der Waals surface area (Å²) in [5, 5.41) is 9.21. The average molecular weight is 182 g/mol. The maximum absolute atomic E-state index is 12.1. The Bertz CT molecular complexity index is 129. The highest BCUT2D eigenvalue weighted by Gasteiger charge is 2.42. The molecule has 4 heteroatoms. The van der Waals surface area contributed by atoms with E-state index in [4.69, 9.17) is 0 Å². The largest absolute Gasteiger partial charge is 0.390 e. The molecule has 1 fully saturated rings. The van der Waals surface area contributed by atoms with Crippen LogP contribution in [-0.4, -0.2) is 27.9 Å². The first-order chi connectivity index (χ1) is 4.58. The topological polar surface area (TPSA) is 20.2 Å². The number of hydrogen-bond acceptors (Lipinski definition) is 3. The molecule has 0 amide bonds. The fourth-order valence-electron chi connectivity index (χ4n) is 0.845. The van der Waals surface area contributed by atoms with Crippen molar-refractivity contribution >= 4 is 21.6 Å². The number of alkyl halides is 1. The monoisotopic (exact) mass is 182 g/mol. The molecule has 0 aromatic heterocycles. The summed E-state index contributed by atoms with van der Waals surface area (Å²) >= 11 is 0. The minimum atomic E-state index is -0.507. The Morgan fingerprint density at radius 1 is 1.60 bits per heavy atom. The number of rotatable bonds is 1. The lowest BCUT2D eigenvalue weighted by atomic mass is 10.0. The van der Waals surface area contributed by atoms with Crippen LogP contribution in [0.25, 0.3) is 0 Å². The summed E-state index contributed by atoms with van der Waals surface area (Å²) in [6.45, 7) is 3.44. The molecule has 2 atom stereocenters. The molecule has 1 aliphatic rings. The zero-order chi connectivity index (χ0) is 7.78. The van der Waals surface area contributed by atoms with Gasteiger partial charge in [0.15, 0.2) is 0 Å². The molecule has 0 aromatic rings. The second-order valence-corrected chi connectivity index (χ2v) is 6.01. The van der Waals surface area contributed by atoms with Crippen molar-refractivity contribution in [1.29, 1.82) is 0 Å². The zero-order valence-electron chi connectivity index (χ0n) is 6.00. The van der Waals surface area contributed by atoms with E-state index in [1.165, 1.54) is 10.8 Å². The molecule has 0 spiro atoms. The fourth-order valence-corrected chi connectivity index (χ4v) is 3.94. The van der Waals surface area contributed by atoms with Gasteiger partial charge in [0.05, 0.1) is 11.4 Å². The molecule has 0 aliphatic carbocycles. The molecule has 0 bridgehead atoms. The smallest absolute Gasteiger partial charge is 0.105 e. The lowest BCUT2D eigenvalue weighted by Crippen LogP contribution is -2.35. The predicted octanol–water partition coefficient (Wildman–Crippen LogP) is 1.86. The van der Waals surface area contributed by atoms with Crippen molar-refractivity contribution in [2.45, 2.75) is 29.9 Å². The van der Waals surface area contributed by atoms with E-state index < -0.39 is 12.8 Å². The van der Waals surface area contributed by atoms with E-state index in [2.05, 4.69) is 0 Å². The SMILES string of the molecule is CC1(C)SSC(CF)C1O. The maximum atomic E-state index is 12.1. The summed E-state index contributed by atoms with van der Waals surface area (Å²) in [5.41, 5.74) is 0. The summed E-state index contributed by atoms with van der Waals surface area (Å²) in [5.74, 6) is 0. The third-order valence-corrected chi connectivity index (χ3v) is 5.32. The average Bonchev–Trinajstić information content (AvgIpc) is 2.10. The van der Waals surface area contributed by atoms with E-state index in [-0.39, 0.29) is 10.00 Å². The predicted molar refractivity (Wildman–Crippen MR) is 45.0 cm³/mol. The Kier molecular flexibility index (Phi) is 2.53. The summed E-state index contributed by atoms with van der Waals surface area (Å²) in [7, 11) is 3.02. The molecule has 1 saturated heterocycles. The van der Waals surface area contributed by atoms with Gasteiger partial charge in [-0.3, -0.25) is 0 Å². The van der Waals surface area contributed by atoms with Crippen LogP contribution in [0.15, 0.2) is 0 Å². The Hall–Kier alpha value is 0.590. The minimum absolute atomic E-state index is 0.179. The van der Waals surface area contributed by atoms with Gasteiger partial charge in [0, 0.05) is 4.75 Å². The summed E-state index contributed by atoms with van der Waals surface area (Å²) in [4.78, 5) is 0. The molecular formula is C6H11FOS2. The molecule has 1 N–H and O–H groups in total. The summed E-state index contributed by atoms with van der Waals surface area (Å²) in [6, 6.07) is 0. The number of hydrogen-bond donors (Lipinski definition) is 1. The van der Waals surface area contributed by atoms with Crippen LogP contribution in [0.5, 0.6) is 0 Å². The molecule has 1 aliphatic heterocycles. The minimum Gasteiger partial charge on any atom is -0.390 e. The lowest BCUT2D eigenvalue weighted by Gasteiger charge is -2.21. The molecule has 1 nitrogen and oxygen atoms in total. The van der Waals surface area contributed by atoms with Gasteiger partial charge in [-0.1, -0.05) is 21.6 Å². The van der Waals surface area contributed by atoms with Crippen LogP contribution >= 0.6 is 21.6 Å². The standard InChI is InChI=1S/C6H11FOS2/c1-6(2)5(8)4(3-7)9-10-6/h4-5,8H,3H2,1-2H3. The lowest BCUT2D eigenvalue weighted by molar-refractivity contribution is 0.134. The molecular weight excluding hydrogens is 171 g/mol. The van der Waals surface area contributed by atoms with Crippen LogP contribution in [0.4, 0.5) is 4.39 Å². The van der Waals surface area contributed by atoms with Crippen LogP contribution in [0.3, 0.4) is 0 Å². The first kappa shape index (κ1) is 8.68. The van der Waals surface area contributed by atoms with Crippen molar-refractivity contribution in [2.75, 3.05) is 6.67 Å². The van der Waals surface area contributed by atoms with Gasteiger partial charge in [-0.05, 0) is 13.8 Å². The van der Waals surface area contributed by atoms with Gasteiger partial charge in [0.1, 0.15) is 6.67 Å². The number of aliphatic hydroxyl groups excluding tert-OH is 1. The fraction of sp³-hybridized carbons (Fsp3) is 1.00. The van der Waals surface area contributed by atoms with Crippen molar-refractivity contribution < 1.29 is 9.50 Å². The molecule has 2 unspecified atom stereocenters.